The second-order valence-corrected chi connectivity index (χ2v) is 5.69. The molecule has 0 aromatic rings. The van der Waals surface area contributed by atoms with Crippen molar-refractivity contribution in [2.24, 2.45) is 0 Å². The molecule has 0 spiro atoms. The van der Waals surface area contributed by atoms with E-state index >= 15 is 0 Å². The van der Waals surface area contributed by atoms with E-state index in [0.29, 0.717) is 5.75 Å². The number of nitrogens with one attached hydrogen (secondary N) is 1. The van der Waals surface area contributed by atoms with E-state index < -0.39 is 9.92 Å². The lowest BCUT2D eigenvalue weighted by molar-refractivity contribution is 0.655. The molecule has 5 heteroatoms. The minimum absolute atomic E-state index is 0.552. The van der Waals surface area contributed by atoms with Crippen LogP contribution < -0.4 is 0 Å². The second kappa shape index (κ2) is 2.11. The van der Waals surface area contributed by atoms with Crippen LogP contribution in [0, 0.1) is 4.78 Å². The Bertz CT molecular complexity index is 176. The van der Waals surface area contributed by atoms with Gasteiger partial charge in [0.1, 0.15) is 9.92 Å². The molecule has 1 fully saturated rings. The highest BCUT2D eigenvalue weighted by molar-refractivity contribution is 14.1. The molecule has 0 bridgehead atoms. The third-order valence-electron chi connectivity index (χ3n) is 1.07. The highest BCUT2D eigenvalue weighted by Crippen LogP contribution is 2.17. The van der Waals surface area contributed by atoms with Gasteiger partial charge in [-0.1, -0.05) is 0 Å². The first-order chi connectivity index (χ1) is 3.63. The Kier molecular flexibility index (Phi) is 1.78. The molecule has 1 saturated heterocycles. The predicted octanol–water partition coefficient (Wildman–Crippen LogP) is 1.00. The van der Waals surface area contributed by atoms with Crippen molar-refractivity contribution in [3.05, 3.63) is 0 Å². The molecule has 1 unspecified atom stereocenters. The number of hydrogen-bond acceptors (Lipinski definition) is 2. The minimum atomic E-state index is -2.31. The zero-order valence-corrected chi connectivity index (χ0v) is 7.24. The van der Waals surface area contributed by atoms with Crippen LogP contribution >= 0.6 is 22.9 Å². The van der Waals surface area contributed by atoms with Crippen LogP contribution in [0.25, 0.3) is 0 Å². The van der Waals surface area contributed by atoms with Crippen LogP contribution in [0.3, 0.4) is 0 Å². The molecule has 1 aliphatic heterocycles. The van der Waals surface area contributed by atoms with Crippen molar-refractivity contribution in [2.45, 2.75) is 6.42 Å². The zero-order valence-electron chi connectivity index (χ0n) is 4.26. The van der Waals surface area contributed by atoms with Crippen LogP contribution in [-0.2, 0) is 9.92 Å². The number of rotatable bonds is 0. The highest BCUT2D eigenvalue weighted by atomic mass is 127. The van der Waals surface area contributed by atoms with Crippen LogP contribution in [0.5, 0.6) is 0 Å². The van der Waals surface area contributed by atoms with Crippen LogP contribution in [0.15, 0.2) is 0 Å². The molecule has 8 heavy (non-hydrogen) atoms. The van der Waals surface area contributed by atoms with Gasteiger partial charge in [0.05, 0.1) is 0 Å². The first-order valence-corrected chi connectivity index (χ1v) is 4.98. The predicted molar refractivity (Wildman–Crippen MR) is 41.1 cm³/mol. The van der Waals surface area contributed by atoms with Crippen molar-refractivity contribution in [3.63, 3.8) is 0 Å². The Balaban J connectivity index is 2.85. The standard InChI is InChI=1S/C3H7IN2OS/c4-6-2-1-3-8(6,5)7/h5H,1-3H2. The summed E-state index contributed by atoms with van der Waals surface area (Å²) in [7, 11) is -2.31. The van der Waals surface area contributed by atoms with E-state index in [-0.39, 0.29) is 0 Å². The van der Waals surface area contributed by atoms with Crippen molar-refractivity contribution in [3.8, 4) is 0 Å². The molecule has 1 N–H and O–H groups in total. The maximum absolute atomic E-state index is 10.9. The topological polar surface area (TPSA) is 44.2 Å². The summed E-state index contributed by atoms with van der Waals surface area (Å²) in [5.41, 5.74) is 0. The zero-order chi connectivity index (χ0) is 6.20. The molecule has 0 radical (unpaired) electrons. The molecule has 3 nitrogen and oxygen atoms in total. The van der Waals surface area contributed by atoms with Gasteiger partial charge in [-0.05, 0) is 6.42 Å². The lowest BCUT2D eigenvalue weighted by Gasteiger charge is -2.03. The monoisotopic (exact) mass is 246 g/mol. The van der Waals surface area contributed by atoms with Gasteiger partial charge in [-0.2, -0.15) is 2.52 Å². The molecule has 1 aliphatic rings. The maximum atomic E-state index is 10.9. The Morgan fingerprint density at radius 1 is 1.75 bits per heavy atom. The largest absolute Gasteiger partial charge is 0.240 e. The first kappa shape index (κ1) is 6.76. The summed E-state index contributed by atoms with van der Waals surface area (Å²) in [5.74, 6) is 0.552. The lowest BCUT2D eigenvalue weighted by Crippen LogP contribution is -2.11. The van der Waals surface area contributed by atoms with Gasteiger partial charge in [-0.25, -0.2) is 8.99 Å². The molecule has 0 amide bonds. The third kappa shape index (κ3) is 1.14. The summed E-state index contributed by atoms with van der Waals surface area (Å²) in [6.07, 6.45) is 0.908. The van der Waals surface area contributed by atoms with Gasteiger partial charge in [0, 0.05) is 35.2 Å². The van der Waals surface area contributed by atoms with Gasteiger partial charge in [-0.3, -0.25) is 0 Å². The SMILES string of the molecule is N=S1(=O)CCCN1I. The molecule has 48 valence electrons. The lowest BCUT2D eigenvalue weighted by atomic mass is 10.5. The average molecular weight is 246 g/mol. The van der Waals surface area contributed by atoms with Crippen molar-refractivity contribution >= 4 is 32.8 Å². The highest BCUT2D eigenvalue weighted by Gasteiger charge is 2.21. The molecule has 0 aliphatic carbocycles. The second-order valence-electron chi connectivity index (χ2n) is 1.74. The van der Waals surface area contributed by atoms with Crippen LogP contribution in [0.1, 0.15) is 6.42 Å². The van der Waals surface area contributed by atoms with E-state index in [0.717, 1.165) is 13.0 Å². The van der Waals surface area contributed by atoms with Gasteiger partial charge in [0.2, 0.25) is 0 Å². The molecular formula is C3H7IN2OS. The average Bonchev–Trinajstić information content (AvgIpc) is 1.86. The smallest absolute Gasteiger partial charge is 0.116 e. The van der Waals surface area contributed by atoms with E-state index in [4.69, 9.17) is 4.78 Å². The van der Waals surface area contributed by atoms with E-state index in [1.54, 1.807) is 2.52 Å². The van der Waals surface area contributed by atoms with E-state index in [1.165, 1.54) is 0 Å². The van der Waals surface area contributed by atoms with E-state index in [1.807, 2.05) is 22.9 Å². The van der Waals surface area contributed by atoms with Gasteiger partial charge in [0.15, 0.2) is 0 Å². The molecule has 1 rings (SSSR count). The van der Waals surface area contributed by atoms with Crippen molar-refractivity contribution < 1.29 is 4.21 Å². The summed E-state index contributed by atoms with van der Waals surface area (Å²) in [6.45, 7) is 0.808. The fraction of sp³-hybridized carbons (Fsp3) is 1.00. The molecule has 1 heterocycles. The molecular weight excluding hydrogens is 239 g/mol. The van der Waals surface area contributed by atoms with Crippen LogP contribution in [0.2, 0.25) is 0 Å². The molecule has 0 aromatic heterocycles. The summed E-state index contributed by atoms with van der Waals surface area (Å²) >= 11 is 1.95. The summed E-state index contributed by atoms with van der Waals surface area (Å²) in [6, 6.07) is 0. The van der Waals surface area contributed by atoms with Gasteiger partial charge in [0.25, 0.3) is 0 Å². The maximum Gasteiger partial charge on any atom is 0.116 e. The molecule has 0 aromatic carbocycles. The Morgan fingerprint density at radius 3 is 2.50 bits per heavy atom. The minimum Gasteiger partial charge on any atom is -0.240 e. The van der Waals surface area contributed by atoms with Gasteiger partial charge >= 0.3 is 0 Å². The van der Waals surface area contributed by atoms with Crippen molar-refractivity contribution in [1.82, 2.24) is 2.52 Å². The summed E-state index contributed by atoms with van der Waals surface area (Å²) in [4.78, 5) is 0. The van der Waals surface area contributed by atoms with Crippen LogP contribution in [-0.4, -0.2) is 19.0 Å². The molecule has 0 saturated carbocycles. The Labute approximate surface area is 63.0 Å². The Hall–Kier alpha value is 0.640. The summed E-state index contributed by atoms with van der Waals surface area (Å²) in [5, 5.41) is 0. The first-order valence-electron chi connectivity index (χ1n) is 2.33. The number of nitrogens with zero attached hydrogens (tertiary/aromatic N) is 1. The fourth-order valence-corrected chi connectivity index (χ4v) is 2.71. The normalized spacial score (nSPS) is 40.6. The molecule has 1 atom stereocenters. The van der Waals surface area contributed by atoms with Gasteiger partial charge < -0.3 is 0 Å². The third-order valence-corrected chi connectivity index (χ3v) is 5.13. The van der Waals surface area contributed by atoms with Crippen molar-refractivity contribution in [1.29, 1.82) is 4.78 Å². The van der Waals surface area contributed by atoms with Gasteiger partial charge in [-0.15, -0.1) is 0 Å². The fourth-order valence-electron chi connectivity index (χ4n) is 0.631. The quantitative estimate of drug-likeness (QED) is 0.503. The van der Waals surface area contributed by atoms with Crippen molar-refractivity contribution in [2.75, 3.05) is 12.3 Å². The number of halogens is 1. The van der Waals surface area contributed by atoms with Crippen LogP contribution in [0.4, 0.5) is 0 Å². The Morgan fingerprint density at radius 2 is 2.38 bits per heavy atom. The van der Waals surface area contributed by atoms with E-state index in [2.05, 4.69) is 0 Å². The summed E-state index contributed by atoms with van der Waals surface area (Å²) < 4.78 is 19.6. The van der Waals surface area contributed by atoms with E-state index in [9.17, 15) is 4.21 Å². The number of hydrogen-bond donors (Lipinski definition) is 1.